The Morgan fingerprint density at radius 1 is 1.25 bits per heavy atom. The highest BCUT2D eigenvalue weighted by molar-refractivity contribution is 6.06. The second-order valence-corrected chi connectivity index (χ2v) is 6.60. The number of likely N-dealkylation sites (tertiary alicyclic amines) is 1. The highest BCUT2D eigenvalue weighted by atomic mass is 35.5. The van der Waals surface area contributed by atoms with Crippen molar-refractivity contribution in [1.82, 2.24) is 9.80 Å². The maximum Gasteiger partial charge on any atom is 0.255 e. The summed E-state index contributed by atoms with van der Waals surface area (Å²) in [4.78, 5) is 40.2. The molecular weight excluding hydrogens is 330 g/mol. The van der Waals surface area contributed by atoms with Crippen molar-refractivity contribution in [1.29, 1.82) is 0 Å². The number of anilines is 1. The quantitative estimate of drug-likeness (QED) is 0.665. The van der Waals surface area contributed by atoms with E-state index in [1.807, 2.05) is 13.8 Å². The normalized spacial score (nSPS) is 20.5. The Morgan fingerprint density at radius 3 is 2.58 bits per heavy atom. The topological polar surface area (TPSA) is 83.7 Å². The first-order chi connectivity index (χ1) is 10.9. The molecule has 2 aliphatic heterocycles. The Labute approximate surface area is 147 Å². The third kappa shape index (κ3) is 2.98. The summed E-state index contributed by atoms with van der Waals surface area (Å²) in [6.07, 6.45) is 0.671. The van der Waals surface area contributed by atoms with Crippen LogP contribution in [0.4, 0.5) is 5.69 Å². The summed E-state index contributed by atoms with van der Waals surface area (Å²) in [5, 5.41) is 0. The van der Waals surface area contributed by atoms with E-state index in [0.717, 1.165) is 5.56 Å². The molecule has 1 saturated heterocycles. The van der Waals surface area contributed by atoms with Crippen LogP contribution in [0.1, 0.15) is 42.6 Å². The largest absolute Gasteiger partial charge is 0.398 e. The van der Waals surface area contributed by atoms with E-state index in [-0.39, 0.29) is 36.0 Å². The van der Waals surface area contributed by atoms with Gasteiger partial charge in [0.05, 0.1) is 0 Å². The van der Waals surface area contributed by atoms with Gasteiger partial charge in [0.1, 0.15) is 6.04 Å². The monoisotopic (exact) mass is 351 g/mol. The molecule has 2 aliphatic rings. The molecule has 2 N–H and O–H groups in total. The Kier molecular flexibility index (Phi) is 5.18. The van der Waals surface area contributed by atoms with Crippen LogP contribution in [0.15, 0.2) is 18.2 Å². The zero-order chi connectivity index (χ0) is 16.7. The Balaban J connectivity index is 0.00000208. The summed E-state index contributed by atoms with van der Waals surface area (Å²) in [7, 11) is 0. The Morgan fingerprint density at radius 2 is 1.96 bits per heavy atom. The number of halogens is 1. The van der Waals surface area contributed by atoms with Gasteiger partial charge in [-0.25, -0.2) is 0 Å². The highest BCUT2D eigenvalue weighted by Gasteiger charge is 2.42. The van der Waals surface area contributed by atoms with E-state index < -0.39 is 6.04 Å². The van der Waals surface area contributed by atoms with Crippen molar-refractivity contribution in [3.63, 3.8) is 0 Å². The molecule has 1 atom stereocenters. The fourth-order valence-corrected chi connectivity index (χ4v) is 3.30. The third-order valence-electron chi connectivity index (χ3n) is 4.44. The van der Waals surface area contributed by atoms with Gasteiger partial charge in [-0.3, -0.25) is 19.3 Å². The van der Waals surface area contributed by atoms with Crippen molar-refractivity contribution in [2.24, 2.45) is 5.92 Å². The maximum atomic E-state index is 12.7. The summed E-state index contributed by atoms with van der Waals surface area (Å²) < 4.78 is 0. The number of hydrogen-bond donors (Lipinski definition) is 1. The molecule has 2 heterocycles. The average Bonchev–Trinajstić information content (AvgIpc) is 2.82. The lowest BCUT2D eigenvalue weighted by Gasteiger charge is -2.36. The van der Waals surface area contributed by atoms with Gasteiger partial charge in [0.2, 0.25) is 5.91 Å². The molecular formula is C17H22ClN3O3. The predicted molar refractivity (Wildman–Crippen MR) is 92.6 cm³/mol. The summed E-state index contributed by atoms with van der Waals surface area (Å²) in [6, 6.07) is 4.66. The molecule has 7 heteroatoms. The van der Waals surface area contributed by atoms with Crippen LogP contribution in [-0.2, 0) is 16.1 Å². The van der Waals surface area contributed by atoms with E-state index in [0.29, 0.717) is 37.2 Å². The summed E-state index contributed by atoms with van der Waals surface area (Å²) >= 11 is 0. The van der Waals surface area contributed by atoms with Crippen molar-refractivity contribution in [3.8, 4) is 0 Å². The van der Waals surface area contributed by atoms with Crippen LogP contribution in [0.2, 0.25) is 0 Å². The molecule has 1 aromatic carbocycles. The zero-order valence-electron chi connectivity index (χ0n) is 13.8. The van der Waals surface area contributed by atoms with Crippen LogP contribution in [0, 0.1) is 5.92 Å². The molecule has 1 fully saturated rings. The summed E-state index contributed by atoms with van der Waals surface area (Å²) in [6.45, 7) is 4.65. The van der Waals surface area contributed by atoms with E-state index in [4.69, 9.17) is 5.73 Å². The predicted octanol–water partition coefficient (Wildman–Crippen LogP) is 1.82. The molecule has 0 radical (unpaired) electrons. The van der Waals surface area contributed by atoms with Gasteiger partial charge in [-0.05, 0) is 24.5 Å². The molecule has 0 spiro atoms. The van der Waals surface area contributed by atoms with Crippen LogP contribution < -0.4 is 5.73 Å². The summed E-state index contributed by atoms with van der Waals surface area (Å²) in [5.74, 6) is -0.397. The molecule has 3 rings (SSSR count). The zero-order valence-corrected chi connectivity index (χ0v) is 14.6. The molecule has 24 heavy (non-hydrogen) atoms. The fraction of sp³-hybridized carbons (Fsp3) is 0.471. The molecule has 3 amide bonds. The molecule has 0 aliphatic carbocycles. The van der Waals surface area contributed by atoms with Crippen LogP contribution in [0.25, 0.3) is 0 Å². The average molecular weight is 352 g/mol. The van der Waals surface area contributed by atoms with Gasteiger partial charge < -0.3 is 10.6 Å². The lowest BCUT2D eigenvalue weighted by Crippen LogP contribution is -2.55. The van der Waals surface area contributed by atoms with E-state index in [1.54, 1.807) is 23.1 Å². The van der Waals surface area contributed by atoms with E-state index in [9.17, 15) is 14.4 Å². The minimum absolute atomic E-state index is 0. The highest BCUT2D eigenvalue weighted by Crippen LogP contribution is 2.32. The smallest absolute Gasteiger partial charge is 0.255 e. The number of fused-ring (bicyclic) bond motifs is 1. The van der Waals surface area contributed by atoms with Crippen molar-refractivity contribution in [2.45, 2.75) is 39.3 Å². The minimum Gasteiger partial charge on any atom is -0.398 e. The van der Waals surface area contributed by atoms with Gasteiger partial charge in [-0.15, -0.1) is 12.4 Å². The number of carbonyl (C=O) groups excluding carboxylic acids is 3. The second-order valence-electron chi connectivity index (χ2n) is 6.60. The molecule has 0 bridgehead atoms. The van der Waals surface area contributed by atoms with Crippen molar-refractivity contribution in [3.05, 3.63) is 29.3 Å². The van der Waals surface area contributed by atoms with Crippen molar-refractivity contribution in [2.75, 3.05) is 12.3 Å². The Hall–Kier alpha value is -2.08. The second kappa shape index (κ2) is 6.81. The van der Waals surface area contributed by atoms with E-state index in [1.165, 1.54) is 4.90 Å². The fourth-order valence-electron chi connectivity index (χ4n) is 3.30. The lowest BCUT2D eigenvalue weighted by molar-refractivity contribution is -0.152. The summed E-state index contributed by atoms with van der Waals surface area (Å²) in [5.41, 5.74) is 7.85. The first kappa shape index (κ1) is 18.3. The van der Waals surface area contributed by atoms with Gasteiger partial charge in [-0.1, -0.05) is 19.9 Å². The van der Waals surface area contributed by atoms with Crippen molar-refractivity contribution >= 4 is 35.8 Å². The number of nitrogens with two attached hydrogens (primary N) is 1. The van der Waals surface area contributed by atoms with Crippen LogP contribution >= 0.6 is 12.4 Å². The van der Waals surface area contributed by atoms with Crippen LogP contribution in [0.3, 0.4) is 0 Å². The molecule has 130 valence electrons. The number of amides is 3. The number of imide groups is 1. The number of rotatable bonds is 3. The minimum atomic E-state index is -0.578. The van der Waals surface area contributed by atoms with Gasteiger partial charge in [-0.2, -0.15) is 0 Å². The maximum absolute atomic E-state index is 12.7. The van der Waals surface area contributed by atoms with E-state index in [2.05, 4.69) is 0 Å². The number of carbonyl (C=O) groups is 3. The first-order valence-corrected chi connectivity index (χ1v) is 7.92. The third-order valence-corrected chi connectivity index (χ3v) is 4.44. The Bertz CT molecular complexity index is 690. The number of nitrogens with zero attached hydrogens (tertiary/aromatic N) is 2. The van der Waals surface area contributed by atoms with Gasteiger partial charge in [0, 0.05) is 36.3 Å². The molecule has 1 aromatic rings. The van der Waals surface area contributed by atoms with Gasteiger partial charge in [0.25, 0.3) is 11.8 Å². The lowest BCUT2D eigenvalue weighted by atomic mass is 10.0. The standard InChI is InChI=1S/C17H21N3O3.ClH/c1-10(2)8-20-15(21)7-6-14(17(20)23)19-9-12-11(16(19)22)4-3-5-13(12)18;/h3-5,10,14H,6-9,18H2,1-2H3;1H. The molecule has 6 nitrogen and oxygen atoms in total. The molecule has 0 saturated carbocycles. The first-order valence-electron chi connectivity index (χ1n) is 7.92. The van der Waals surface area contributed by atoms with Crippen LogP contribution in [0.5, 0.6) is 0 Å². The van der Waals surface area contributed by atoms with Crippen molar-refractivity contribution < 1.29 is 14.4 Å². The number of hydrogen-bond acceptors (Lipinski definition) is 4. The van der Waals surface area contributed by atoms with Gasteiger partial charge >= 0.3 is 0 Å². The number of piperidine rings is 1. The number of benzene rings is 1. The molecule has 0 aromatic heterocycles. The SMILES string of the molecule is CC(C)CN1C(=O)CCC(N2Cc3c(N)cccc3C2=O)C1=O.Cl. The number of nitrogen functional groups attached to an aromatic ring is 1. The van der Waals surface area contributed by atoms with E-state index >= 15 is 0 Å². The van der Waals surface area contributed by atoms with Gasteiger partial charge in [0.15, 0.2) is 0 Å². The molecule has 1 unspecified atom stereocenters. The van der Waals surface area contributed by atoms with Crippen LogP contribution in [-0.4, -0.2) is 40.1 Å².